The van der Waals surface area contributed by atoms with Crippen molar-refractivity contribution in [1.82, 2.24) is 0 Å². The molecule has 0 aliphatic heterocycles. The molecule has 2 bridgehead atoms. The number of nitro groups is 1. The summed E-state index contributed by atoms with van der Waals surface area (Å²) in [6.07, 6.45) is 5.39. The molecule has 20 heavy (non-hydrogen) atoms. The van der Waals surface area contributed by atoms with Gasteiger partial charge in [0, 0.05) is 12.1 Å². The molecule has 2 aliphatic carbocycles. The predicted octanol–water partition coefficient (Wildman–Crippen LogP) is 4.14. The van der Waals surface area contributed by atoms with Crippen LogP contribution >= 0.6 is 0 Å². The van der Waals surface area contributed by atoms with Crippen LogP contribution in [0.3, 0.4) is 0 Å². The third-order valence-corrected chi connectivity index (χ3v) is 5.17. The highest BCUT2D eigenvalue weighted by Gasteiger charge is 2.42. The van der Waals surface area contributed by atoms with Crippen LogP contribution in [-0.4, -0.2) is 11.0 Å². The Bertz CT molecular complexity index is 529. The minimum atomic E-state index is -0.296. The van der Waals surface area contributed by atoms with Crippen LogP contribution in [0.15, 0.2) is 18.2 Å². The molecule has 0 aromatic heterocycles. The number of rotatable bonds is 4. The Balaban J connectivity index is 1.77. The Kier molecular flexibility index (Phi) is 3.40. The van der Waals surface area contributed by atoms with Crippen molar-refractivity contribution in [2.45, 2.75) is 45.6 Å². The Morgan fingerprint density at radius 3 is 2.75 bits per heavy atom. The van der Waals surface area contributed by atoms with Crippen molar-refractivity contribution in [3.05, 3.63) is 33.9 Å². The molecule has 0 radical (unpaired) electrons. The average Bonchev–Trinajstić information content (AvgIpc) is 3.00. The largest absolute Gasteiger partial charge is 0.377 e. The lowest BCUT2D eigenvalue weighted by Gasteiger charge is -2.29. The minimum absolute atomic E-state index is 0.186. The molecule has 108 valence electrons. The molecule has 0 heterocycles. The van der Waals surface area contributed by atoms with Crippen molar-refractivity contribution >= 4 is 11.4 Å². The number of benzene rings is 1. The number of hydrogen-bond donors (Lipinski definition) is 1. The van der Waals surface area contributed by atoms with Gasteiger partial charge in [0.25, 0.3) is 5.69 Å². The summed E-state index contributed by atoms with van der Waals surface area (Å²) in [5.41, 5.74) is 1.91. The Morgan fingerprint density at radius 1 is 1.35 bits per heavy atom. The molecule has 1 aromatic carbocycles. The molecule has 1 N–H and O–H groups in total. The second-order valence-corrected chi connectivity index (χ2v) is 6.55. The lowest BCUT2D eigenvalue weighted by molar-refractivity contribution is -0.384. The van der Waals surface area contributed by atoms with Gasteiger partial charge in [-0.3, -0.25) is 10.1 Å². The summed E-state index contributed by atoms with van der Waals surface area (Å²) < 4.78 is 0. The Labute approximate surface area is 119 Å². The molecule has 2 saturated carbocycles. The summed E-state index contributed by atoms with van der Waals surface area (Å²) in [5.74, 6) is 2.40. The van der Waals surface area contributed by atoms with E-state index in [0.29, 0.717) is 17.6 Å². The zero-order valence-electron chi connectivity index (χ0n) is 12.1. The van der Waals surface area contributed by atoms with Gasteiger partial charge in [0.1, 0.15) is 5.69 Å². The van der Waals surface area contributed by atoms with E-state index in [1.54, 1.807) is 12.1 Å². The van der Waals surface area contributed by atoms with Crippen LogP contribution in [0.25, 0.3) is 0 Å². The van der Waals surface area contributed by atoms with Gasteiger partial charge in [-0.25, -0.2) is 0 Å². The van der Waals surface area contributed by atoms with Crippen LogP contribution in [-0.2, 0) is 0 Å². The van der Waals surface area contributed by atoms with Gasteiger partial charge in [-0.1, -0.05) is 12.5 Å². The first-order valence-electron chi connectivity index (χ1n) is 7.56. The topological polar surface area (TPSA) is 55.2 Å². The number of anilines is 1. The van der Waals surface area contributed by atoms with Crippen LogP contribution < -0.4 is 5.32 Å². The predicted molar refractivity (Wildman–Crippen MR) is 79.9 cm³/mol. The Hall–Kier alpha value is -1.58. The van der Waals surface area contributed by atoms with Crippen LogP contribution in [0.4, 0.5) is 11.4 Å². The van der Waals surface area contributed by atoms with E-state index in [2.05, 4.69) is 12.2 Å². The number of nitro benzene ring substituents is 1. The van der Waals surface area contributed by atoms with Gasteiger partial charge < -0.3 is 5.32 Å². The van der Waals surface area contributed by atoms with E-state index >= 15 is 0 Å². The van der Waals surface area contributed by atoms with Crippen LogP contribution in [0.2, 0.25) is 0 Å². The second kappa shape index (κ2) is 5.08. The monoisotopic (exact) mass is 274 g/mol. The average molecular weight is 274 g/mol. The number of nitrogens with one attached hydrogen (secondary N) is 1. The van der Waals surface area contributed by atoms with Crippen molar-refractivity contribution < 1.29 is 4.92 Å². The summed E-state index contributed by atoms with van der Waals surface area (Å²) in [5, 5.41) is 14.5. The SMILES string of the molecule is Cc1ccc([N+](=O)[O-])c(NC(C)C2CC3CCC2C3)c1. The molecule has 4 atom stereocenters. The van der Waals surface area contributed by atoms with Gasteiger partial charge in [0.05, 0.1) is 4.92 Å². The summed E-state index contributed by atoms with van der Waals surface area (Å²) in [7, 11) is 0. The molecule has 0 spiro atoms. The first-order chi connectivity index (χ1) is 9.54. The van der Waals surface area contributed by atoms with Crippen molar-refractivity contribution in [2.24, 2.45) is 17.8 Å². The van der Waals surface area contributed by atoms with E-state index in [1.807, 2.05) is 13.0 Å². The quantitative estimate of drug-likeness (QED) is 0.663. The zero-order chi connectivity index (χ0) is 14.3. The van der Waals surface area contributed by atoms with E-state index in [0.717, 1.165) is 17.4 Å². The number of aryl methyl sites for hydroxylation is 1. The zero-order valence-corrected chi connectivity index (χ0v) is 12.1. The maximum Gasteiger partial charge on any atom is 0.292 e. The molecule has 2 aliphatic rings. The van der Waals surface area contributed by atoms with Gasteiger partial charge in [-0.15, -0.1) is 0 Å². The number of hydrogen-bond acceptors (Lipinski definition) is 3. The molecular weight excluding hydrogens is 252 g/mol. The lowest BCUT2D eigenvalue weighted by Crippen LogP contribution is -2.30. The first kappa shape index (κ1) is 13.4. The van der Waals surface area contributed by atoms with Gasteiger partial charge in [-0.05, 0) is 62.5 Å². The number of fused-ring (bicyclic) bond motifs is 2. The Morgan fingerprint density at radius 2 is 2.15 bits per heavy atom. The summed E-state index contributed by atoms with van der Waals surface area (Å²) in [6.45, 7) is 4.15. The van der Waals surface area contributed by atoms with Crippen molar-refractivity contribution in [2.75, 3.05) is 5.32 Å². The van der Waals surface area contributed by atoms with E-state index in [4.69, 9.17) is 0 Å². The summed E-state index contributed by atoms with van der Waals surface area (Å²) in [4.78, 5) is 10.8. The van der Waals surface area contributed by atoms with E-state index in [1.165, 1.54) is 25.7 Å². The van der Waals surface area contributed by atoms with Gasteiger partial charge in [0.2, 0.25) is 0 Å². The molecule has 0 saturated heterocycles. The highest BCUT2D eigenvalue weighted by molar-refractivity contribution is 5.63. The molecule has 0 amide bonds. The molecule has 4 nitrogen and oxygen atoms in total. The van der Waals surface area contributed by atoms with E-state index < -0.39 is 0 Å². The smallest absolute Gasteiger partial charge is 0.292 e. The van der Waals surface area contributed by atoms with Gasteiger partial charge in [-0.2, -0.15) is 0 Å². The van der Waals surface area contributed by atoms with E-state index in [-0.39, 0.29) is 10.6 Å². The highest BCUT2D eigenvalue weighted by atomic mass is 16.6. The molecule has 1 aromatic rings. The van der Waals surface area contributed by atoms with Crippen molar-refractivity contribution in [1.29, 1.82) is 0 Å². The fourth-order valence-corrected chi connectivity index (χ4v) is 4.18. The first-order valence-corrected chi connectivity index (χ1v) is 7.56. The van der Waals surface area contributed by atoms with E-state index in [9.17, 15) is 10.1 Å². The molecule has 4 unspecified atom stereocenters. The third-order valence-electron chi connectivity index (χ3n) is 5.17. The third kappa shape index (κ3) is 2.39. The summed E-state index contributed by atoms with van der Waals surface area (Å²) >= 11 is 0. The van der Waals surface area contributed by atoms with Crippen LogP contribution in [0.5, 0.6) is 0 Å². The fraction of sp³-hybridized carbons (Fsp3) is 0.625. The van der Waals surface area contributed by atoms with Gasteiger partial charge in [0.15, 0.2) is 0 Å². The molecular formula is C16H22N2O2. The normalized spacial score (nSPS) is 29.4. The summed E-state index contributed by atoms with van der Waals surface area (Å²) in [6, 6.07) is 5.60. The maximum absolute atomic E-state index is 11.1. The van der Waals surface area contributed by atoms with Crippen molar-refractivity contribution in [3.63, 3.8) is 0 Å². The second-order valence-electron chi connectivity index (χ2n) is 6.55. The maximum atomic E-state index is 11.1. The molecule has 3 rings (SSSR count). The molecule has 4 heteroatoms. The standard InChI is InChI=1S/C16H22N2O2/c1-10-3-6-16(18(19)20)15(7-10)17-11(2)14-9-12-4-5-13(14)8-12/h3,6-7,11-14,17H,4-5,8-9H2,1-2H3. The van der Waals surface area contributed by atoms with Gasteiger partial charge >= 0.3 is 0 Å². The molecule has 2 fully saturated rings. The number of nitrogens with zero attached hydrogens (tertiary/aromatic N) is 1. The lowest BCUT2D eigenvalue weighted by atomic mass is 9.84. The van der Waals surface area contributed by atoms with Crippen LogP contribution in [0.1, 0.15) is 38.2 Å². The fourth-order valence-electron chi connectivity index (χ4n) is 4.18. The van der Waals surface area contributed by atoms with Crippen LogP contribution in [0, 0.1) is 34.8 Å². The minimum Gasteiger partial charge on any atom is -0.377 e. The van der Waals surface area contributed by atoms with Crippen molar-refractivity contribution in [3.8, 4) is 0 Å². The highest BCUT2D eigenvalue weighted by Crippen LogP contribution is 2.50.